The number of phosphoric ester groups is 1. The second-order valence-corrected chi connectivity index (χ2v) is 10.1. The van der Waals surface area contributed by atoms with Crippen molar-refractivity contribution in [2.45, 2.75) is 44.3 Å². The van der Waals surface area contributed by atoms with Gasteiger partial charge in [0.25, 0.3) is 5.91 Å². The van der Waals surface area contributed by atoms with Crippen LogP contribution in [0.2, 0.25) is 10.0 Å². The molecule has 2 unspecified atom stereocenters. The standard InChI is InChI=1S/C19H18Cl2F2N3O7P/c1-9(2)32-34(29)30-8-13-15(33-34)19(22,23)17(31-13)26-6-5-14(25-18(26)28)24-16(27)10-3-4-11(20)12(21)7-10/h3-7,9,13,15,17H,8H2,1-2H3,(H,24,25,27,28)/t13-,15-,17?,34?/m1/s1. The first-order valence-corrected chi connectivity index (χ1v) is 12.1. The monoisotopic (exact) mass is 539 g/mol. The van der Waals surface area contributed by atoms with Gasteiger partial charge in [0, 0.05) is 11.8 Å². The van der Waals surface area contributed by atoms with Crippen molar-refractivity contribution in [3.05, 3.63) is 56.6 Å². The molecule has 4 rings (SSSR count). The average Bonchev–Trinajstić information content (AvgIpc) is 2.99. The lowest BCUT2D eigenvalue weighted by Gasteiger charge is -2.32. The SMILES string of the molecule is CC(C)OP1(=O)OC[C@H]2OC(n3ccc(NC(=O)c4ccc(Cl)c(Cl)c4)nc3=O)C(F)(F)[C@@H]2O1. The van der Waals surface area contributed by atoms with Gasteiger partial charge < -0.3 is 10.1 Å². The second kappa shape index (κ2) is 9.27. The Bertz CT molecular complexity index is 1230. The second-order valence-electron chi connectivity index (χ2n) is 7.71. The molecule has 2 saturated heterocycles. The van der Waals surface area contributed by atoms with Crippen molar-refractivity contribution in [1.82, 2.24) is 9.55 Å². The van der Waals surface area contributed by atoms with Crippen LogP contribution in [0.3, 0.4) is 0 Å². The number of alkyl halides is 2. The van der Waals surface area contributed by atoms with Crippen LogP contribution in [0.1, 0.15) is 30.4 Å². The highest BCUT2D eigenvalue weighted by Gasteiger charge is 2.65. The maximum atomic E-state index is 15.1. The van der Waals surface area contributed by atoms with Crippen LogP contribution in [-0.2, 0) is 22.9 Å². The number of phosphoric acid groups is 1. The van der Waals surface area contributed by atoms with E-state index in [-0.39, 0.29) is 21.4 Å². The van der Waals surface area contributed by atoms with Crippen LogP contribution in [0.4, 0.5) is 14.6 Å². The molecule has 1 N–H and O–H groups in total. The summed E-state index contributed by atoms with van der Waals surface area (Å²) in [4.78, 5) is 28.5. The first-order valence-electron chi connectivity index (χ1n) is 9.90. The first-order chi connectivity index (χ1) is 15.9. The van der Waals surface area contributed by atoms with Crippen LogP contribution in [-0.4, -0.2) is 46.3 Å². The smallest absolute Gasteiger partial charge is 0.343 e. The number of amides is 1. The molecule has 0 radical (unpaired) electrons. The summed E-state index contributed by atoms with van der Waals surface area (Å²) in [6.07, 6.45) is -5.01. The van der Waals surface area contributed by atoms with Gasteiger partial charge in [-0.15, -0.1) is 0 Å². The molecule has 1 aromatic heterocycles. The van der Waals surface area contributed by atoms with Crippen LogP contribution < -0.4 is 11.0 Å². The Morgan fingerprint density at radius 1 is 1.32 bits per heavy atom. The fourth-order valence-corrected chi connectivity index (χ4v) is 5.24. The minimum atomic E-state index is -4.24. The molecular formula is C19H18Cl2F2N3O7P. The number of carbonyl (C=O) groups is 1. The van der Waals surface area contributed by atoms with E-state index >= 15 is 8.78 Å². The van der Waals surface area contributed by atoms with E-state index in [9.17, 15) is 14.2 Å². The van der Waals surface area contributed by atoms with Gasteiger partial charge in [0.1, 0.15) is 11.9 Å². The van der Waals surface area contributed by atoms with Gasteiger partial charge in [0.2, 0.25) is 6.23 Å². The highest BCUT2D eigenvalue weighted by Crippen LogP contribution is 2.60. The van der Waals surface area contributed by atoms with E-state index in [1.165, 1.54) is 32.0 Å². The minimum absolute atomic E-state index is 0.139. The zero-order chi connectivity index (χ0) is 24.8. The third-order valence-corrected chi connectivity index (χ3v) is 7.20. The van der Waals surface area contributed by atoms with Gasteiger partial charge in [-0.25, -0.2) is 9.36 Å². The molecule has 1 aromatic carbocycles. The van der Waals surface area contributed by atoms with Gasteiger partial charge in [-0.2, -0.15) is 13.8 Å². The van der Waals surface area contributed by atoms with E-state index in [1.54, 1.807) is 0 Å². The summed E-state index contributed by atoms with van der Waals surface area (Å²) >= 11 is 11.7. The van der Waals surface area contributed by atoms with Crippen LogP contribution in [0.25, 0.3) is 0 Å². The molecule has 0 spiro atoms. The highest BCUT2D eigenvalue weighted by atomic mass is 35.5. The number of hydrogen-bond donors (Lipinski definition) is 1. The van der Waals surface area contributed by atoms with Gasteiger partial charge in [0.15, 0.2) is 6.10 Å². The van der Waals surface area contributed by atoms with Crippen molar-refractivity contribution in [1.29, 1.82) is 0 Å². The first kappa shape index (κ1) is 25.2. The van der Waals surface area contributed by atoms with E-state index in [1.807, 2.05) is 0 Å². The van der Waals surface area contributed by atoms with Crippen LogP contribution >= 0.6 is 31.0 Å². The van der Waals surface area contributed by atoms with Crippen molar-refractivity contribution in [3.8, 4) is 0 Å². The Hall–Kier alpha value is -1.92. The van der Waals surface area contributed by atoms with Crippen LogP contribution in [0, 0.1) is 0 Å². The van der Waals surface area contributed by atoms with Gasteiger partial charge in [-0.1, -0.05) is 23.2 Å². The van der Waals surface area contributed by atoms with Gasteiger partial charge in [-0.05, 0) is 38.1 Å². The lowest BCUT2D eigenvalue weighted by molar-refractivity contribution is -0.139. The van der Waals surface area contributed by atoms with E-state index < -0.39 is 56.5 Å². The molecule has 0 saturated carbocycles. The number of nitrogens with one attached hydrogen (secondary N) is 1. The number of anilines is 1. The van der Waals surface area contributed by atoms with Crippen molar-refractivity contribution in [2.75, 3.05) is 11.9 Å². The fourth-order valence-electron chi connectivity index (χ4n) is 3.37. The Labute approximate surface area is 201 Å². The molecule has 0 bridgehead atoms. The lowest BCUT2D eigenvalue weighted by atomic mass is 10.1. The molecule has 4 atom stereocenters. The number of hydrogen-bond acceptors (Lipinski definition) is 8. The van der Waals surface area contributed by atoms with E-state index in [0.29, 0.717) is 4.57 Å². The number of nitrogens with zero attached hydrogens (tertiary/aromatic N) is 2. The van der Waals surface area contributed by atoms with Crippen molar-refractivity contribution in [2.24, 2.45) is 0 Å². The van der Waals surface area contributed by atoms with Crippen LogP contribution in [0.5, 0.6) is 0 Å². The maximum absolute atomic E-state index is 15.1. The van der Waals surface area contributed by atoms with E-state index in [2.05, 4.69) is 10.3 Å². The number of fused-ring (bicyclic) bond motifs is 1. The van der Waals surface area contributed by atoms with Gasteiger partial charge >= 0.3 is 19.4 Å². The number of aromatic nitrogens is 2. The topological polar surface area (TPSA) is 118 Å². The summed E-state index contributed by atoms with van der Waals surface area (Å²) in [5, 5.41) is 2.77. The molecule has 10 nitrogen and oxygen atoms in total. The summed E-state index contributed by atoms with van der Waals surface area (Å²) in [5.41, 5.74) is -0.988. The van der Waals surface area contributed by atoms with Gasteiger partial charge in [0.05, 0.1) is 22.8 Å². The molecule has 0 aliphatic carbocycles. The predicted molar refractivity (Wildman–Crippen MR) is 116 cm³/mol. The summed E-state index contributed by atoms with van der Waals surface area (Å²) in [5.74, 6) is -4.62. The quantitative estimate of drug-likeness (QED) is 0.559. The zero-order valence-electron chi connectivity index (χ0n) is 17.6. The predicted octanol–water partition coefficient (Wildman–Crippen LogP) is 4.28. The summed E-state index contributed by atoms with van der Waals surface area (Å²) < 4.78 is 63.6. The summed E-state index contributed by atoms with van der Waals surface area (Å²) in [6.45, 7) is 2.59. The van der Waals surface area contributed by atoms with Crippen molar-refractivity contribution in [3.63, 3.8) is 0 Å². The number of rotatable bonds is 5. The third-order valence-electron chi connectivity index (χ3n) is 4.84. The molecule has 184 valence electrons. The Balaban J connectivity index is 1.53. The third kappa shape index (κ3) is 4.90. The molecule has 15 heteroatoms. The lowest BCUT2D eigenvalue weighted by Crippen LogP contribution is -2.45. The normalized spacial score (nSPS) is 28.0. The van der Waals surface area contributed by atoms with Crippen molar-refractivity contribution >= 4 is 42.7 Å². The molecule has 3 heterocycles. The Morgan fingerprint density at radius 3 is 2.71 bits per heavy atom. The highest BCUT2D eigenvalue weighted by molar-refractivity contribution is 7.48. The Morgan fingerprint density at radius 2 is 2.06 bits per heavy atom. The van der Waals surface area contributed by atoms with Crippen LogP contribution in [0.15, 0.2) is 35.3 Å². The molecule has 2 aliphatic heterocycles. The van der Waals surface area contributed by atoms with E-state index in [4.69, 9.17) is 41.5 Å². The number of carbonyl (C=O) groups excluding carboxylic acids is 1. The molecule has 34 heavy (non-hydrogen) atoms. The molecule has 2 fully saturated rings. The number of ether oxygens (including phenoxy) is 1. The Kier molecular flexibility index (Phi) is 6.87. The van der Waals surface area contributed by atoms with Crippen molar-refractivity contribution < 1.29 is 36.4 Å². The average molecular weight is 540 g/mol. The molecule has 2 aliphatic rings. The maximum Gasteiger partial charge on any atom is 0.475 e. The molecular weight excluding hydrogens is 522 g/mol. The largest absolute Gasteiger partial charge is 0.475 e. The molecule has 1 amide bonds. The zero-order valence-corrected chi connectivity index (χ0v) is 20.0. The molecule has 2 aromatic rings. The number of halogens is 4. The van der Waals surface area contributed by atoms with Gasteiger partial charge in [-0.3, -0.25) is 22.9 Å². The summed E-state index contributed by atoms with van der Waals surface area (Å²) in [6, 6.07) is 5.28. The summed E-state index contributed by atoms with van der Waals surface area (Å²) in [7, 11) is -4.24. The fraction of sp³-hybridized carbons (Fsp3) is 0.421. The number of benzene rings is 1. The van der Waals surface area contributed by atoms with E-state index in [0.717, 1.165) is 12.3 Å². The minimum Gasteiger partial charge on any atom is -0.343 e.